The first-order valence-corrected chi connectivity index (χ1v) is 11.7. The lowest BCUT2D eigenvalue weighted by molar-refractivity contribution is 0.0972. The second-order valence-electron chi connectivity index (χ2n) is 8.45. The molecule has 1 atom stereocenters. The maximum absolute atomic E-state index is 13.2. The van der Waals surface area contributed by atoms with Gasteiger partial charge in [-0.25, -0.2) is 28.8 Å². The molecule has 11 nitrogen and oxygen atoms in total. The molecule has 0 radical (unpaired) electrons. The van der Waals surface area contributed by atoms with Crippen LogP contribution < -0.4 is 19.9 Å². The van der Waals surface area contributed by atoms with Crippen LogP contribution in [-0.2, 0) is 16.5 Å². The van der Waals surface area contributed by atoms with Crippen molar-refractivity contribution in [1.29, 1.82) is 0 Å². The van der Waals surface area contributed by atoms with Gasteiger partial charge < -0.3 is 9.47 Å². The Morgan fingerprint density at radius 2 is 2.15 bits per heavy atom. The number of fused-ring (bicyclic) bond motifs is 1. The molecule has 0 unspecified atom stereocenters. The number of carbonyl (C=O) groups excluding carboxylic acids is 1. The van der Waals surface area contributed by atoms with E-state index in [0.717, 1.165) is 5.56 Å². The van der Waals surface area contributed by atoms with E-state index in [1.165, 1.54) is 13.3 Å². The number of hydrogen-bond acceptors (Lipinski definition) is 7. The van der Waals surface area contributed by atoms with Gasteiger partial charge in [-0.2, -0.15) is 5.10 Å². The van der Waals surface area contributed by atoms with E-state index in [1.807, 2.05) is 13.8 Å². The maximum atomic E-state index is 13.2. The number of methoxy groups -OCH3 is 1. The highest BCUT2D eigenvalue weighted by Gasteiger charge is 2.32. The van der Waals surface area contributed by atoms with Gasteiger partial charge in [0.25, 0.3) is 0 Å². The van der Waals surface area contributed by atoms with Gasteiger partial charge in [-0.1, -0.05) is 13.8 Å². The third kappa shape index (κ3) is 4.81. The molecule has 0 saturated carbocycles. The van der Waals surface area contributed by atoms with E-state index in [1.54, 1.807) is 42.1 Å². The summed E-state index contributed by atoms with van der Waals surface area (Å²) >= 11 is 0. The van der Waals surface area contributed by atoms with Crippen LogP contribution in [0.4, 0.5) is 10.6 Å². The first-order chi connectivity index (χ1) is 15.6. The summed E-state index contributed by atoms with van der Waals surface area (Å²) in [5.41, 5.74) is 1.87. The monoisotopic (exact) mass is 471 g/mol. The second kappa shape index (κ2) is 8.45. The Bertz CT molecular complexity index is 1340. The smallest absolute Gasteiger partial charge is 0.356 e. The zero-order chi connectivity index (χ0) is 23.8. The normalized spacial score (nSPS) is 16.2. The number of anilines is 1. The molecule has 33 heavy (non-hydrogen) atoms. The fourth-order valence-corrected chi connectivity index (χ4v) is 4.40. The van der Waals surface area contributed by atoms with Gasteiger partial charge in [-0.15, -0.1) is 4.36 Å². The van der Waals surface area contributed by atoms with E-state index in [2.05, 4.69) is 24.7 Å². The predicted octanol–water partition coefficient (Wildman–Crippen LogP) is 3.01. The molecule has 0 bridgehead atoms. The lowest BCUT2D eigenvalue weighted by atomic mass is 9.94. The molecule has 12 heteroatoms. The Hall–Kier alpha value is -3.51. The Morgan fingerprint density at radius 3 is 2.91 bits per heavy atom. The number of hydrogen-bond donors (Lipinski definition) is 2. The van der Waals surface area contributed by atoms with Crippen molar-refractivity contribution in [2.75, 3.05) is 19.0 Å². The summed E-state index contributed by atoms with van der Waals surface area (Å²) in [5.74, 6) is 0.910. The number of amides is 2. The molecule has 2 amide bonds. The Labute approximate surface area is 191 Å². The number of aryl methyl sites for hydroxylation is 1. The van der Waals surface area contributed by atoms with E-state index in [4.69, 9.17) is 14.6 Å². The van der Waals surface area contributed by atoms with E-state index < -0.39 is 15.9 Å². The van der Waals surface area contributed by atoms with E-state index in [0.29, 0.717) is 30.3 Å². The molecule has 0 aliphatic carbocycles. The summed E-state index contributed by atoms with van der Waals surface area (Å²) < 4.78 is 29.4. The first kappa shape index (κ1) is 22.7. The molecular formula is C21H25N7O4S. The third-order valence-corrected chi connectivity index (χ3v) is 6.33. The molecule has 0 aromatic carbocycles. The third-order valence-electron chi connectivity index (χ3n) is 4.99. The van der Waals surface area contributed by atoms with Crippen LogP contribution in [-0.4, -0.2) is 43.7 Å². The summed E-state index contributed by atoms with van der Waals surface area (Å²) in [7, 11) is -2.10. The molecule has 1 aliphatic heterocycles. The molecule has 4 heterocycles. The average Bonchev–Trinajstić information content (AvgIpc) is 3.16. The number of nitrogens with two attached hydrogens (primary N) is 1. The zero-order valence-corrected chi connectivity index (χ0v) is 19.5. The lowest BCUT2D eigenvalue weighted by Crippen LogP contribution is -2.33. The van der Waals surface area contributed by atoms with Crippen LogP contribution in [0, 0.1) is 12.3 Å². The molecule has 4 rings (SSSR count). The minimum atomic E-state index is -3.62. The molecular weight excluding hydrogens is 446 g/mol. The van der Waals surface area contributed by atoms with Crippen molar-refractivity contribution in [2.24, 2.45) is 14.9 Å². The van der Waals surface area contributed by atoms with Gasteiger partial charge in [-0.3, -0.25) is 5.32 Å². The first-order valence-electron chi connectivity index (χ1n) is 10.1. The lowest BCUT2D eigenvalue weighted by Gasteiger charge is -2.30. The van der Waals surface area contributed by atoms with Crippen molar-refractivity contribution < 1.29 is 18.5 Å². The highest BCUT2D eigenvalue weighted by Crippen LogP contribution is 2.33. The average molecular weight is 472 g/mol. The fraction of sp³-hybridized carbons (Fsp3) is 0.333. The van der Waals surface area contributed by atoms with Gasteiger partial charge >= 0.3 is 6.03 Å². The van der Waals surface area contributed by atoms with Crippen LogP contribution in [0.3, 0.4) is 0 Å². The van der Waals surface area contributed by atoms with Gasteiger partial charge in [0.05, 0.1) is 26.5 Å². The van der Waals surface area contributed by atoms with Crippen molar-refractivity contribution in [2.45, 2.75) is 32.2 Å². The van der Waals surface area contributed by atoms with E-state index in [9.17, 15) is 9.00 Å². The fourth-order valence-electron chi connectivity index (χ4n) is 3.40. The Kier molecular flexibility index (Phi) is 5.80. The van der Waals surface area contributed by atoms with Crippen molar-refractivity contribution in [1.82, 2.24) is 19.7 Å². The molecule has 3 N–H and O–H groups in total. The van der Waals surface area contributed by atoms with Crippen LogP contribution in [0.15, 0.2) is 45.9 Å². The summed E-state index contributed by atoms with van der Waals surface area (Å²) in [4.78, 5) is 21.3. The Balaban J connectivity index is 1.65. The quantitative estimate of drug-likeness (QED) is 0.594. The highest BCUT2D eigenvalue weighted by atomic mass is 32.2. The molecule has 3 aromatic heterocycles. The summed E-state index contributed by atoms with van der Waals surface area (Å²) in [6, 6.07) is 6.17. The van der Waals surface area contributed by atoms with Gasteiger partial charge in [-0.05, 0) is 30.7 Å². The molecule has 0 saturated heterocycles. The number of nitrogens with one attached hydrogen (secondary N) is 1. The van der Waals surface area contributed by atoms with Gasteiger partial charge in [0.1, 0.15) is 10.7 Å². The van der Waals surface area contributed by atoms with Crippen molar-refractivity contribution in [3.8, 4) is 22.9 Å². The predicted molar refractivity (Wildman–Crippen MR) is 122 cm³/mol. The molecule has 0 spiro atoms. The highest BCUT2D eigenvalue weighted by molar-refractivity contribution is 7.91. The van der Waals surface area contributed by atoms with Crippen molar-refractivity contribution >= 4 is 21.8 Å². The van der Waals surface area contributed by atoms with Crippen LogP contribution >= 0.6 is 0 Å². The summed E-state index contributed by atoms with van der Waals surface area (Å²) in [6.07, 6.45) is 2.91. The zero-order valence-electron chi connectivity index (χ0n) is 18.7. The SMILES string of the molecule is COc1cc(-c2ccc(C)nc2NC(=O)N=[S@@](N)(=O)c2cnn3c2OCC(C)(C)C3)ccn1. The topological polar surface area (TPSA) is 147 Å². The number of nitrogens with zero attached hydrogens (tertiary/aromatic N) is 5. The number of carbonyl (C=O) groups is 1. The molecule has 1 aliphatic rings. The van der Waals surface area contributed by atoms with E-state index in [-0.39, 0.29) is 22.0 Å². The number of aromatic nitrogens is 4. The molecule has 174 valence electrons. The van der Waals surface area contributed by atoms with Gasteiger partial charge in [0, 0.05) is 28.9 Å². The van der Waals surface area contributed by atoms with Crippen LogP contribution in [0.25, 0.3) is 11.1 Å². The van der Waals surface area contributed by atoms with Gasteiger partial charge in [0.2, 0.25) is 11.8 Å². The number of ether oxygens (including phenoxy) is 2. The Morgan fingerprint density at radius 1 is 1.36 bits per heavy atom. The molecule has 0 fully saturated rings. The number of pyridine rings is 2. The minimum Gasteiger partial charge on any atom is -0.481 e. The van der Waals surface area contributed by atoms with Crippen LogP contribution in [0.2, 0.25) is 0 Å². The maximum Gasteiger partial charge on any atom is 0.356 e. The standard InChI is InChI=1S/C21H25N7O4S/c1-13-5-6-15(14-7-8-23-17(9-14)31-4)18(25-13)26-20(29)27-33(22,30)16-10-24-28-11-21(2,3)12-32-19(16)28/h5-10H,11-12H2,1-4H3,(H3,22,25,26,27,29,30)/t33-/m1/s1. The van der Waals surface area contributed by atoms with E-state index >= 15 is 0 Å². The largest absolute Gasteiger partial charge is 0.481 e. The van der Waals surface area contributed by atoms with Gasteiger partial charge in [0.15, 0.2) is 9.92 Å². The second-order valence-corrected chi connectivity index (χ2v) is 10.2. The van der Waals surface area contributed by atoms with Crippen molar-refractivity contribution in [3.63, 3.8) is 0 Å². The minimum absolute atomic E-state index is 0.0736. The van der Waals surface area contributed by atoms with Crippen LogP contribution in [0.1, 0.15) is 19.5 Å². The van der Waals surface area contributed by atoms with Crippen LogP contribution in [0.5, 0.6) is 11.8 Å². The summed E-state index contributed by atoms with van der Waals surface area (Å²) in [6.45, 7) is 6.81. The molecule has 3 aromatic rings. The van der Waals surface area contributed by atoms with Crippen molar-refractivity contribution in [3.05, 3.63) is 42.4 Å². The number of rotatable bonds is 4. The number of urea groups is 1. The summed E-state index contributed by atoms with van der Waals surface area (Å²) in [5, 5.41) is 12.8.